The Hall–Kier alpha value is -2.82. The van der Waals surface area contributed by atoms with E-state index in [9.17, 15) is 9.59 Å². The van der Waals surface area contributed by atoms with Gasteiger partial charge < -0.3 is 10.6 Å². The maximum absolute atomic E-state index is 12.8. The number of carbonyl (C=O) groups is 2. The van der Waals surface area contributed by atoms with Gasteiger partial charge in [-0.3, -0.25) is 9.59 Å². The molecule has 0 unspecified atom stereocenters. The lowest BCUT2D eigenvalue weighted by Crippen LogP contribution is -2.28. The molecule has 3 rings (SSSR count). The van der Waals surface area contributed by atoms with Crippen LogP contribution < -0.4 is 10.6 Å². The van der Waals surface area contributed by atoms with Gasteiger partial charge in [-0.25, -0.2) is 0 Å². The summed E-state index contributed by atoms with van der Waals surface area (Å²) in [6.45, 7) is 1.91. The summed E-state index contributed by atoms with van der Waals surface area (Å²) in [5.41, 5.74) is 2.36. The van der Waals surface area contributed by atoms with Gasteiger partial charge >= 0.3 is 0 Å². The summed E-state index contributed by atoms with van der Waals surface area (Å²) >= 11 is 12.3. The first-order valence-corrected chi connectivity index (χ1v) is 9.89. The first-order valence-electron chi connectivity index (χ1n) is 9.13. The molecule has 0 bridgehead atoms. The fourth-order valence-corrected chi connectivity index (χ4v) is 3.48. The molecule has 0 heterocycles. The molecule has 4 nitrogen and oxygen atoms in total. The number of para-hydroxylation sites is 1. The standard InChI is InChI=1S/C23H20Cl2N2O2/c1-15(16-8-3-2-4-9-16)26-23(29)17-10-5-6-13-21(17)27-22(28)14-18-19(24)11-7-12-20(18)25/h2-13,15H,14H2,1H3,(H,26,29)(H,27,28)/t15-/m0/s1. The number of nitrogens with one attached hydrogen (secondary N) is 2. The summed E-state index contributed by atoms with van der Waals surface area (Å²) in [7, 11) is 0. The first kappa shape index (κ1) is 20.9. The maximum Gasteiger partial charge on any atom is 0.253 e. The van der Waals surface area contributed by atoms with E-state index in [0.29, 0.717) is 26.9 Å². The molecule has 0 fully saturated rings. The zero-order chi connectivity index (χ0) is 20.8. The highest BCUT2D eigenvalue weighted by atomic mass is 35.5. The molecule has 2 N–H and O–H groups in total. The Balaban J connectivity index is 1.73. The summed E-state index contributed by atoms with van der Waals surface area (Å²) < 4.78 is 0. The van der Waals surface area contributed by atoms with Gasteiger partial charge in [0.1, 0.15) is 0 Å². The van der Waals surface area contributed by atoms with Gasteiger partial charge in [-0.15, -0.1) is 0 Å². The van der Waals surface area contributed by atoms with Gasteiger partial charge in [-0.05, 0) is 42.3 Å². The van der Waals surface area contributed by atoms with Crippen molar-refractivity contribution in [1.29, 1.82) is 0 Å². The lowest BCUT2D eigenvalue weighted by molar-refractivity contribution is -0.115. The van der Waals surface area contributed by atoms with Crippen molar-refractivity contribution in [2.24, 2.45) is 0 Å². The van der Waals surface area contributed by atoms with Crippen LogP contribution in [0.4, 0.5) is 5.69 Å². The Morgan fingerprint density at radius 3 is 2.17 bits per heavy atom. The van der Waals surface area contributed by atoms with Gasteiger partial charge in [-0.1, -0.05) is 71.7 Å². The Labute approximate surface area is 179 Å². The lowest BCUT2D eigenvalue weighted by Gasteiger charge is -2.16. The largest absolute Gasteiger partial charge is 0.345 e. The smallest absolute Gasteiger partial charge is 0.253 e. The summed E-state index contributed by atoms with van der Waals surface area (Å²) in [4.78, 5) is 25.3. The highest BCUT2D eigenvalue weighted by molar-refractivity contribution is 6.36. The highest BCUT2D eigenvalue weighted by Crippen LogP contribution is 2.25. The first-order chi connectivity index (χ1) is 14.0. The van der Waals surface area contributed by atoms with Crippen molar-refractivity contribution < 1.29 is 9.59 Å². The fraction of sp³-hybridized carbons (Fsp3) is 0.130. The third-order valence-corrected chi connectivity index (χ3v) is 5.20. The van der Waals surface area contributed by atoms with Crippen LogP contribution in [0.2, 0.25) is 10.0 Å². The third kappa shape index (κ3) is 5.37. The molecule has 3 aromatic carbocycles. The van der Waals surface area contributed by atoms with Crippen LogP contribution in [0.5, 0.6) is 0 Å². The van der Waals surface area contributed by atoms with E-state index in [-0.39, 0.29) is 24.3 Å². The normalized spacial score (nSPS) is 11.6. The topological polar surface area (TPSA) is 58.2 Å². The van der Waals surface area contributed by atoms with Crippen molar-refractivity contribution in [1.82, 2.24) is 5.32 Å². The molecule has 0 spiro atoms. The molecule has 6 heteroatoms. The minimum absolute atomic E-state index is 0.00881. The zero-order valence-electron chi connectivity index (χ0n) is 15.8. The summed E-state index contributed by atoms with van der Waals surface area (Å²) in [5, 5.41) is 6.60. The monoisotopic (exact) mass is 426 g/mol. The maximum atomic E-state index is 12.8. The number of rotatable bonds is 6. The predicted octanol–water partition coefficient (Wildman–Crippen LogP) is 5.67. The van der Waals surface area contributed by atoms with Crippen molar-refractivity contribution in [3.8, 4) is 0 Å². The van der Waals surface area contributed by atoms with Gasteiger partial charge in [-0.2, -0.15) is 0 Å². The van der Waals surface area contributed by atoms with Crippen LogP contribution in [0, 0.1) is 0 Å². The van der Waals surface area contributed by atoms with E-state index in [2.05, 4.69) is 10.6 Å². The fourth-order valence-electron chi connectivity index (χ4n) is 2.95. The second-order valence-electron chi connectivity index (χ2n) is 6.58. The minimum atomic E-state index is -0.309. The molecule has 2 amide bonds. The number of benzene rings is 3. The Bertz CT molecular complexity index is 1000. The quantitative estimate of drug-likeness (QED) is 0.533. The van der Waals surface area contributed by atoms with Gasteiger partial charge in [0.25, 0.3) is 5.91 Å². The Morgan fingerprint density at radius 1 is 0.862 bits per heavy atom. The molecule has 0 aliphatic heterocycles. The number of amides is 2. The van der Waals surface area contributed by atoms with Crippen LogP contribution in [0.15, 0.2) is 72.8 Å². The molecule has 0 aromatic heterocycles. The van der Waals surface area contributed by atoms with Gasteiger partial charge in [0.05, 0.1) is 23.7 Å². The lowest BCUT2D eigenvalue weighted by atomic mass is 10.1. The van der Waals surface area contributed by atoms with Crippen molar-refractivity contribution in [2.45, 2.75) is 19.4 Å². The van der Waals surface area contributed by atoms with E-state index < -0.39 is 0 Å². The van der Waals surface area contributed by atoms with Crippen LogP contribution >= 0.6 is 23.2 Å². The van der Waals surface area contributed by atoms with Crippen molar-refractivity contribution in [2.75, 3.05) is 5.32 Å². The Morgan fingerprint density at radius 2 is 1.48 bits per heavy atom. The third-order valence-electron chi connectivity index (χ3n) is 4.49. The molecule has 0 aliphatic carbocycles. The van der Waals surface area contributed by atoms with E-state index in [1.807, 2.05) is 37.3 Å². The molecule has 0 saturated carbocycles. The molecule has 148 valence electrons. The second-order valence-corrected chi connectivity index (χ2v) is 7.39. The zero-order valence-corrected chi connectivity index (χ0v) is 17.3. The van der Waals surface area contributed by atoms with Crippen LogP contribution in [-0.4, -0.2) is 11.8 Å². The van der Waals surface area contributed by atoms with Gasteiger partial charge in [0.15, 0.2) is 0 Å². The van der Waals surface area contributed by atoms with Gasteiger partial charge in [0.2, 0.25) is 5.91 Å². The summed E-state index contributed by atoms with van der Waals surface area (Å²) in [6, 6.07) is 21.5. The molecule has 0 aliphatic rings. The average Bonchev–Trinajstić information content (AvgIpc) is 2.72. The molecular weight excluding hydrogens is 407 g/mol. The van der Waals surface area contributed by atoms with Crippen LogP contribution in [-0.2, 0) is 11.2 Å². The van der Waals surface area contributed by atoms with Crippen LogP contribution in [0.25, 0.3) is 0 Å². The van der Waals surface area contributed by atoms with Crippen molar-refractivity contribution in [3.05, 3.63) is 99.5 Å². The number of halogens is 2. The minimum Gasteiger partial charge on any atom is -0.345 e. The molecule has 0 saturated heterocycles. The number of carbonyl (C=O) groups excluding carboxylic acids is 2. The molecule has 1 atom stereocenters. The molecule has 3 aromatic rings. The summed E-state index contributed by atoms with van der Waals surface area (Å²) in [5.74, 6) is -0.579. The van der Waals surface area contributed by atoms with E-state index >= 15 is 0 Å². The van der Waals surface area contributed by atoms with Crippen LogP contribution in [0.1, 0.15) is 34.5 Å². The molecule has 29 heavy (non-hydrogen) atoms. The van der Waals surface area contributed by atoms with Crippen molar-refractivity contribution in [3.63, 3.8) is 0 Å². The predicted molar refractivity (Wildman–Crippen MR) is 118 cm³/mol. The molecule has 0 radical (unpaired) electrons. The number of anilines is 1. The number of hydrogen-bond donors (Lipinski definition) is 2. The van der Waals surface area contributed by atoms with Crippen LogP contribution in [0.3, 0.4) is 0 Å². The van der Waals surface area contributed by atoms with E-state index in [4.69, 9.17) is 23.2 Å². The SMILES string of the molecule is C[C@H](NC(=O)c1ccccc1NC(=O)Cc1c(Cl)cccc1Cl)c1ccccc1. The average molecular weight is 427 g/mol. The van der Waals surface area contributed by atoms with Gasteiger partial charge in [0, 0.05) is 10.0 Å². The highest BCUT2D eigenvalue weighted by Gasteiger charge is 2.17. The van der Waals surface area contributed by atoms with E-state index in [1.165, 1.54) is 0 Å². The van der Waals surface area contributed by atoms with E-state index in [1.54, 1.807) is 42.5 Å². The second kappa shape index (κ2) is 9.59. The molecular formula is C23H20Cl2N2O2. The number of hydrogen-bond acceptors (Lipinski definition) is 2. The Kier molecular flexibility index (Phi) is 6.91. The summed E-state index contributed by atoms with van der Waals surface area (Å²) in [6.07, 6.45) is 0.00881. The van der Waals surface area contributed by atoms with Crippen molar-refractivity contribution >= 4 is 40.7 Å². The van der Waals surface area contributed by atoms with E-state index in [0.717, 1.165) is 5.56 Å².